The van der Waals surface area contributed by atoms with Gasteiger partial charge in [0.25, 0.3) is 0 Å². The molecule has 0 unspecified atom stereocenters. The number of anilines is 1. The van der Waals surface area contributed by atoms with Gasteiger partial charge in [-0.3, -0.25) is 4.79 Å². The number of nitrogen functional groups attached to an aromatic ring is 1. The predicted octanol–water partition coefficient (Wildman–Crippen LogP) is 3.43. The Labute approximate surface area is 107 Å². The van der Waals surface area contributed by atoms with Crippen LogP contribution in [0.2, 0.25) is 5.02 Å². The molecule has 0 saturated carbocycles. The third-order valence-corrected chi connectivity index (χ3v) is 2.79. The Morgan fingerprint density at radius 3 is 2.28 bits per heavy atom. The molecule has 0 saturated heterocycles. The lowest BCUT2D eigenvalue weighted by atomic mass is 10.0. The van der Waals surface area contributed by atoms with Gasteiger partial charge in [0.2, 0.25) is 0 Å². The molecule has 5 heteroatoms. The predicted molar refractivity (Wildman–Crippen MR) is 65.7 cm³/mol. The smallest absolute Gasteiger partial charge is 0.199 e. The molecule has 0 aliphatic rings. The third-order valence-electron chi connectivity index (χ3n) is 2.45. The maximum absolute atomic E-state index is 13.4. The van der Waals surface area contributed by atoms with E-state index in [1.807, 2.05) is 0 Å². The summed E-state index contributed by atoms with van der Waals surface area (Å²) in [6, 6.07) is 7.30. The van der Waals surface area contributed by atoms with Gasteiger partial charge in [-0.05, 0) is 30.3 Å². The van der Waals surface area contributed by atoms with Crippen LogP contribution in [-0.2, 0) is 0 Å². The molecular weight excluding hydrogens is 260 g/mol. The van der Waals surface area contributed by atoms with Crippen LogP contribution in [0.4, 0.5) is 14.5 Å². The van der Waals surface area contributed by atoms with E-state index in [-0.39, 0.29) is 16.3 Å². The van der Waals surface area contributed by atoms with Crippen molar-refractivity contribution in [3.05, 3.63) is 64.2 Å². The van der Waals surface area contributed by atoms with Crippen LogP contribution in [0.15, 0.2) is 36.4 Å². The van der Waals surface area contributed by atoms with Crippen molar-refractivity contribution in [3.8, 4) is 0 Å². The molecule has 0 heterocycles. The van der Waals surface area contributed by atoms with E-state index in [0.29, 0.717) is 0 Å². The maximum Gasteiger partial charge on any atom is 0.199 e. The SMILES string of the molecule is Nc1cc(C(=O)c2c(F)cccc2F)ccc1Cl. The van der Waals surface area contributed by atoms with Crippen molar-refractivity contribution in [1.82, 2.24) is 0 Å². The molecule has 0 aliphatic carbocycles. The standard InChI is InChI=1S/C13H8ClF2NO/c14-8-5-4-7(6-11(8)17)13(18)12-9(15)2-1-3-10(12)16/h1-6H,17H2. The van der Waals surface area contributed by atoms with Gasteiger partial charge in [0.05, 0.1) is 16.3 Å². The molecule has 0 aliphatic heterocycles. The van der Waals surface area contributed by atoms with Crippen LogP contribution in [0.5, 0.6) is 0 Å². The van der Waals surface area contributed by atoms with E-state index in [0.717, 1.165) is 12.1 Å². The number of halogens is 3. The molecule has 0 spiro atoms. The van der Waals surface area contributed by atoms with Crippen LogP contribution >= 0.6 is 11.6 Å². The molecular formula is C13H8ClF2NO. The molecule has 2 aromatic carbocycles. The fourth-order valence-electron chi connectivity index (χ4n) is 1.54. The normalized spacial score (nSPS) is 10.4. The van der Waals surface area contributed by atoms with Crippen molar-refractivity contribution in [2.75, 3.05) is 5.73 Å². The first-order chi connectivity index (χ1) is 8.50. The number of hydrogen-bond donors (Lipinski definition) is 1. The highest BCUT2D eigenvalue weighted by molar-refractivity contribution is 6.33. The molecule has 2 N–H and O–H groups in total. The minimum atomic E-state index is -0.909. The molecule has 0 bridgehead atoms. The van der Waals surface area contributed by atoms with E-state index < -0.39 is 23.0 Å². The second kappa shape index (κ2) is 4.74. The lowest BCUT2D eigenvalue weighted by Crippen LogP contribution is -2.08. The lowest BCUT2D eigenvalue weighted by Gasteiger charge is -2.05. The van der Waals surface area contributed by atoms with Crippen LogP contribution in [0.3, 0.4) is 0 Å². The molecule has 92 valence electrons. The van der Waals surface area contributed by atoms with Gasteiger partial charge >= 0.3 is 0 Å². The van der Waals surface area contributed by atoms with Gasteiger partial charge in [-0.2, -0.15) is 0 Å². The maximum atomic E-state index is 13.4. The van der Waals surface area contributed by atoms with E-state index in [2.05, 4.69) is 0 Å². The lowest BCUT2D eigenvalue weighted by molar-refractivity contribution is 0.103. The fraction of sp³-hybridized carbons (Fsp3) is 0. The van der Waals surface area contributed by atoms with E-state index in [4.69, 9.17) is 17.3 Å². The molecule has 0 atom stereocenters. The summed E-state index contributed by atoms with van der Waals surface area (Å²) in [6.45, 7) is 0. The first-order valence-corrected chi connectivity index (χ1v) is 5.42. The number of carbonyl (C=O) groups excluding carboxylic acids is 1. The Kier molecular flexibility index (Phi) is 3.30. The quantitative estimate of drug-likeness (QED) is 0.669. The molecule has 2 aromatic rings. The Hall–Kier alpha value is -1.94. The molecule has 0 fully saturated rings. The van der Waals surface area contributed by atoms with Crippen molar-refractivity contribution in [2.24, 2.45) is 0 Å². The number of hydrogen-bond acceptors (Lipinski definition) is 2. The van der Waals surface area contributed by atoms with Gasteiger partial charge in [-0.1, -0.05) is 17.7 Å². The summed E-state index contributed by atoms with van der Waals surface area (Å²) in [5.74, 6) is -2.59. The van der Waals surface area contributed by atoms with Crippen molar-refractivity contribution < 1.29 is 13.6 Å². The summed E-state index contributed by atoms with van der Waals surface area (Å²) < 4.78 is 26.9. The zero-order valence-electron chi connectivity index (χ0n) is 9.08. The Morgan fingerprint density at radius 2 is 1.72 bits per heavy atom. The van der Waals surface area contributed by atoms with E-state index in [9.17, 15) is 13.6 Å². The third kappa shape index (κ3) is 2.19. The number of ketones is 1. The first kappa shape index (κ1) is 12.5. The molecule has 18 heavy (non-hydrogen) atoms. The highest BCUT2D eigenvalue weighted by Gasteiger charge is 2.19. The summed E-state index contributed by atoms with van der Waals surface area (Å²) in [5, 5.41) is 0.278. The van der Waals surface area contributed by atoms with E-state index >= 15 is 0 Å². The molecule has 2 nitrogen and oxygen atoms in total. The van der Waals surface area contributed by atoms with Crippen LogP contribution < -0.4 is 5.73 Å². The average molecular weight is 268 g/mol. The molecule has 0 radical (unpaired) electrons. The largest absolute Gasteiger partial charge is 0.398 e. The van der Waals surface area contributed by atoms with Crippen molar-refractivity contribution in [3.63, 3.8) is 0 Å². The average Bonchev–Trinajstić information content (AvgIpc) is 2.32. The Bertz CT molecular complexity index is 608. The monoisotopic (exact) mass is 267 g/mol. The second-order valence-corrected chi connectivity index (χ2v) is 4.07. The number of nitrogens with two attached hydrogens (primary N) is 1. The van der Waals surface area contributed by atoms with Gasteiger partial charge in [0.15, 0.2) is 5.78 Å². The highest BCUT2D eigenvalue weighted by Crippen LogP contribution is 2.23. The minimum Gasteiger partial charge on any atom is -0.398 e. The van der Waals surface area contributed by atoms with Gasteiger partial charge in [-0.25, -0.2) is 8.78 Å². The number of carbonyl (C=O) groups is 1. The minimum absolute atomic E-state index is 0.0842. The van der Waals surface area contributed by atoms with Gasteiger partial charge in [0, 0.05) is 5.56 Å². The second-order valence-electron chi connectivity index (χ2n) is 3.66. The molecule has 2 rings (SSSR count). The van der Waals surface area contributed by atoms with Crippen molar-refractivity contribution >= 4 is 23.1 Å². The van der Waals surface area contributed by atoms with E-state index in [1.54, 1.807) is 0 Å². The number of benzene rings is 2. The zero-order chi connectivity index (χ0) is 13.3. The summed E-state index contributed by atoms with van der Waals surface area (Å²) in [7, 11) is 0. The van der Waals surface area contributed by atoms with Gasteiger partial charge in [-0.15, -0.1) is 0 Å². The zero-order valence-corrected chi connectivity index (χ0v) is 9.84. The number of rotatable bonds is 2. The molecule has 0 aromatic heterocycles. The first-order valence-electron chi connectivity index (χ1n) is 5.04. The van der Waals surface area contributed by atoms with Gasteiger partial charge < -0.3 is 5.73 Å². The summed E-state index contributed by atoms with van der Waals surface area (Å²) in [4.78, 5) is 12.0. The fourth-order valence-corrected chi connectivity index (χ4v) is 1.66. The van der Waals surface area contributed by atoms with Crippen LogP contribution in [0.1, 0.15) is 15.9 Å². The van der Waals surface area contributed by atoms with Crippen LogP contribution in [0.25, 0.3) is 0 Å². The van der Waals surface area contributed by atoms with Gasteiger partial charge in [0.1, 0.15) is 11.6 Å². The summed E-state index contributed by atoms with van der Waals surface area (Å²) in [5.41, 5.74) is 5.21. The van der Waals surface area contributed by atoms with Crippen molar-refractivity contribution in [1.29, 1.82) is 0 Å². The molecule has 0 amide bonds. The Balaban J connectivity index is 2.51. The topological polar surface area (TPSA) is 43.1 Å². The summed E-state index contributed by atoms with van der Waals surface area (Å²) >= 11 is 5.71. The highest BCUT2D eigenvalue weighted by atomic mass is 35.5. The van der Waals surface area contributed by atoms with Crippen LogP contribution in [-0.4, -0.2) is 5.78 Å². The summed E-state index contributed by atoms with van der Waals surface area (Å²) in [6.07, 6.45) is 0. The van der Waals surface area contributed by atoms with Crippen molar-refractivity contribution in [2.45, 2.75) is 0 Å². The Morgan fingerprint density at radius 1 is 1.11 bits per heavy atom. The van der Waals surface area contributed by atoms with E-state index in [1.165, 1.54) is 24.3 Å². The van der Waals surface area contributed by atoms with Crippen LogP contribution in [0, 0.1) is 11.6 Å².